The van der Waals surface area contributed by atoms with Crippen molar-refractivity contribution in [2.45, 2.75) is 11.4 Å². The maximum atomic E-state index is 12.9. The smallest absolute Gasteiger partial charge is 0.242 e. The first-order chi connectivity index (χ1) is 14.9. The molecule has 0 atom stereocenters. The Bertz CT molecular complexity index is 1370. The van der Waals surface area contributed by atoms with E-state index >= 15 is 0 Å². The summed E-state index contributed by atoms with van der Waals surface area (Å²) in [5.41, 5.74) is 3.33. The molecule has 0 aliphatic carbocycles. The molecule has 1 heterocycles. The van der Waals surface area contributed by atoms with Gasteiger partial charge in [0.1, 0.15) is 4.90 Å². The molecule has 9 heteroatoms. The van der Waals surface area contributed by atoms with E-state index in [0.29, 0.717) is 0 Å². The lowest BCUT2D eigenvalue weighted by Crippen LogP contribution is -2.23. The fraction of sp³-hybridized carbons (Fsp3) is 0.0870. The van der Waals surface area contributed by atoms with Crippen LogP contribution in [0.1, 0.15) is 5.56 Å². The molecule has 1 aromatic heterocycles. The van der Waals surface area contributed by atoms with E-state index in [1.807, 2.05) is 83.7 Å². The van der Waals surface area contributed by atoms with Gasteiger partial charge in [0.15, 0.2) is 4.80 Å². The van der Waals surface area contributed by atoms with Crippen LogP contribution in [0.25, 0.3) is 11.3 Å². The number of benzene rings is 3. The number of hydrogen-bond donors (Lipinski definition) is 1. The lowest BCUT2D eigenvalue weighted by molar-refractivity contribution is 0.581. The molecular formula is C23H21Cl2N3O2S2. The van der Waals surface area contributed by atoms with Crippen molar-refractivity contribution in [1.29, 1.82) is 0 Å². The summed E-state index contributed by atoms with van der Waals surface area (Å²) in [4.78, 5) is 5.52. The second kappa shape index (κ2) is 10.5. The Morgan fingerprint density at radius 2 is 1.66 bits per heavy atom. The number of hydrogen-bond acceptors (Lipinski definition) is 4. The number of para-hydroxylation sites is 1. The molecule has 1 N–H and O–H groups in total. The van der Waals surface area contributed by atoms with Crippen molar-refractivity contribution in [2.75, 3.05) is 0 Å². The zero-order valence-corrected chi connectivity index (χ0v) is 20.3. The molecule has 166 valence electrons. The standard InChI is InChI=1S/C23H20ClN3O2S2.ClH/c1-27-21(16-30-23(27)26-19-10-6-3-7-11-19)18-12-13-20(24)22(14-18)31(28,29)25-15-17-8-4-2-5-9-17;/h2-14,16,25H,15H2,1H3;1H. The van der Waals surface area contributed by atoms with Gasteiger partial charge in [0.05, 0.1) is 16.4 Å². The fourth-order valence-corrected chi connectivity index (χ4v) is 5.53. The Kier molecular flexibility index (Phi) is 7.92. The van der Waals surface area contributed by atoms with E-state index in [1.165, 1.54) is 11.3 Å². The lowest BCUT2D eigenvalue weighted by atomic mass is 10.2. The maximum absolute atomic E-state index is 12.9. The number of nitrogens with one attached hydrogen (secondary N) is 1. The number of rotatable bonds is 6. The summed E-state index contributed by atoms with van der Waals surface area (Å²) < 4.78 is 30.4. The van der Waals surface area contributed by atoms with Gasteiger partial charge >= 0.3 is 0 Å². The van der Waals surface area contributed by atoms with Gasteiger partial charge in [-0.1, -0.05) is 66.2 Å². The van der Waals surface area contributed by atoms with Crippen molar-refractivity contribution < 1.29 is 8.42 Å². The highest BCUT2D eigenvalue weighted by Gasteiger charge is 2.19. The largest absolute Gasteiger partial charge is 0.320 e. The summed E-state index contributed by atoms with van der Waals surface area (Å²) in [6, 6.07) is 24.1. The number of thiazole rings is 1. The average Bonchev–Trinajstić information content (AvgIpc) is 3.14. The zero-order chi connectivity index (χ0) is 21.8. The van der Waals surface area contributed by atoms with Gasteiger partial charge in [-0.15, -0.1) is 23.7 Å². The molecule has 5 nitrogen and oxygen atoms in total. The van der Waals surface area contributed by atoms with Gasteiger partial charge in [-0.25, -0.2) is 18.1 Å². The number of sulfonamides is 1. The average molecular weight is 506 g/mol. The minimum atomic E-state index is -3.79. The van der Waals surface area contributed by atoms with Crippen molar-refractivity contribution in [2.24, 2.45) is 12.0 Å². The summed E-state index contributed by atoms with van der Waals surface area (Å²) in [6.07, 6.45) is 0. The summed E-state index contributed by atoms with van der Waals surface area (Å²) in [5, 5.41) is 2.13. The van der Waals surface area contributed by atoms with Gasteiger partial charge in [0.2, 0.25) is 10.0 Å². The van der Waals surface area contributed by atoms with Crippen LogP contribution in [-0.4, -0.2) is 13.0 Å². The van der Waals surface area contributed by atoms with E-state index in [2.05, 4.69) is 9.71 Å². The minimum Gasteiger partial charge on any atom is -0.320 e. The van der Waals surface area contributed by atoms with E-state index in [-0.39, 0.29) is 28.9 Å². The second-order valence-electron chi connectivity index (χ2n) is 6.87. The molecule has 0 spiro atoms. The SMILES string of the molecule is Cl.Cn1c(-c2ccc(Cl)c(S(=O)(=O)NCc3ccccc3)c2)csc1=Nc1ccccc1. The monoisotopic (exact) mass is 505 g/mol. The number of aromatic nitrogens is 1. The van der Waals surface area contributed by atoms with Crippen LogP contribution < -0.4 is 9.52 Å². The van der Waals surface area contributed by atoms with Crippen LogP contribution in [0, 0.1) is 0 Å². The molecule has 0 amide bonds. The third kappa shape index (κ3) is 5.49. The van der Waals surface area contributed by atoms with Crippen LogP contribution in [0.15, 0.2) is 94.1 Å². The molecule has 4 rings (SSSR count). The molecule has 0 unspecified atom stereocenters. The van der Waals surface area contributed by atoms with E-state index in [0.717, 1.165) is 27.3 Å². The third-order valence-electron chi connectivity index (χ3n) is 4.73. The Hall–Kier alpha value is -2.42. The minimum absolute atomic E-state index is 0. The molecule has 0 radical (unpaired) electrons. The Labute approximate surface area is 202 Å². The summed E-state index contributed by atoms with van der Waals surface area (Å²) in [7, 11) is -1.88. The van der Waals surface area contributed by atoms with Gasteiger partial charge in [-0.3, -0.25) is 0 Å². The van der Waals surface area contributed by atoms with Crippen LogP contribution in [0.3, 0.4) is 0 Å². The van der Waals surface area contributed by atoms with Gasteiger partial charge in [0.25, 0.3) is 0 Å². The van der Waals surface area contributed by atoms with E-state index in [4.69, 9.17) is 11.6 Å². The molecule has 0 aliphatic rings. The molecule has 0 fully saturated rings. The highest BCUT2D eigenvalue weighted by Crippen LogP contribution is 2.28. The highest BCUT2D eigenvalue weighted by atomic mass is 35.5. The summed E-state index contributed by atoms with van der Waals surface area (Å²) in [6.45, 7) is 0.191. The highest BCUT2D eigenvalue weighted by molar-refractivity contribution is 7.89. The molecule has 0 aliphatic heterocycles. The third-order valence-corrected chi connectivity index (χ3v) is 7.53. The van der Waals surface area contributed by atoms with E-state index in [1.54, 1.807) is 12.1 Å². The number of nitrogens with zero attached hydrogens (tertiary/aromatic N) is 2. The molecule has 0 saturated heterocycles. The normalized spacial score (nSPS) is 11.9. The summed E-state index contributed by atoms with van der Waals surface area (Å²) in [5.74, 6) is 0. The lowest BCUT2D eigenvalue weighted by Gasteiger charge is -2.11. The topological polar surface area (TPSA) is 63.5 Å². The van der Waals surface area contributed by atoms with E-state index < -0.39 is 10.0 Å². The van der Waals surface area contributed by atoms with Crippen LogP contribution >= 0.6 is 35.3 Å². The molecular weight excluding hydrogens is 485 g/mol. The maximum Gasteiger partial charge on any atom is 0.242 e. The predicted molar refractivity (Wildman–Crippen MR) is 133 cm³/mol. The van der Waals surface area contributed by atoms with Crippen molar-refractivity contribution in [3.8, 4) is 11.3 Å². The summed E-state index contributed by atoms with van der Waals surface area (Å²) >= 11 is 7.75. The number of halogens is 2. The Morgan fingerprint density at radius 3 is 2.34 bits per heavy atom. The van der Waals surface area contributed by atoms with Crippen LogP contribution in [0.5, 0.6) is 0 Å². The van der Waals surface area contributed by atoms with Crippen LogP contribution in [-0.2, 0) is 23.6 Å². The van der Waals surface area contributed by atoms with Crippen molar-refractivity contribution >= 4 is 51.1 Å². The van der Waals surface area contributed by atoms with Gasteiger partial charge < -0.3 is 4.57 Å². The van der Waals surface area contributed by atoms with Gasteiger partial charge in [-0.2, -0.15) is 0 Å². The molecule has 32 heavy (non-hydrogen) atoms. The zero-order valence-electron chi connectivity index (χ0n) is 17.1. The predicted octanol–water partition coefficient (Wildman–Crippen LogP) is 5.54. The molecule has 0 bridgehead atoms. The van der Waals surface area contributed by atoms with Crippen LogP contribution in [0.2, 0.25) is 5.02 Å². The molecule has 0 saturated carbocycles. The van der Waals surface area contributed by atoms with Crippen molar-refractivity contribution in [1.82, 2.24) is 9.29 Å². The first kappa shape index (κ1) is 24.2. The Balaban J connectivity index is 0.00000289. The van der Waals surface area contributed by atoms with Gasteiger partial charge in [0, 0.05) is 24.5 Å². The van der Waals surface area contributed by atoms with Crippen molar-refractivity contribution in [3.05, 3.63) is 99.6 Å². The Morgan fingerprint density at radius 1 is 1.00 bits per heavy atom. The fourth-order valence-electron chi connectivity index (χ4n) is 3.07. The van der Waals surface area contributed by atoms with Gasteiger partial charge in [-0.05, 0) is 29.8 Å². The quantitative estimate of drug-likeness (QED) is 0.373. The molecule has 4 aromatic rings. The first-order valence-corrected chi connectivity index (χ1v) is 12.3. The van der Waals surface area contributed by atoms with E-state index in [9.17, 15) is 8.42 Å². The second-order valence-corrected chi connectivity index (χ2v) is 9.84. The van der Waals surface area contributed by atoms with Crippen molar-refractivity contribution in [3.63, 3.8) is 0 Å². The molecule has 3 aromatic carbocycles. The van der Waals surface area contributed by atoms with Crippen LogP contribution in [0.4, 0.5) is 5.69 Å². The first-order valence-electron chi connectivity index (χ1n) is 9.52.